The van der Waals surface area contributed by atoms with Gasteiger partial charge in [0, 0.05) is 19.1 Å². The van der Waals surface area contributed by atoms with Crippen LogP contribution in [0.15, 0.2) is 18.3 Å². The Morgan fingerprint density at radius 1 is 1.24 bits per heavy atom. The predicted molar refractivity (Wildman–Crippen MR) is 91.8 cm³/mol. The van der Waals surface area contributed by atoms with Gasteiger partial charge in [-0.1, -0.05) is 13.8 Å². The van der Waals surface area contributed by atoms with Crippen molar-refractivity contribution in [3.05, 3.63) is 18.3 Å². The minimum Gasteiger partial charge on any atom is -0.360 e. The Hall–Kier alpha value is -1.36. The summed E-state index contributed by atoms with van der Waals surface area (Å²) in [5.41, 5.74) is 0.954. The first-order chi connectivity index (χ1) is 10.1. The third kappa shape index (κ3) is 4.06. The number of anilines is 2. The number of nitrogens with one attached hydrogen (secondary N) is 2. The SMILES string of the molecule is CC1CC(C)CN(c2ccc(NC(=S)NC3CC3)cn2)C1. The summed E-state index contributed by atoms with van der Waals surface area (Å²) >= 11 is 5.28. The van der Waals surface area contributed by atoms with E-state index in [0.717, 1.165) is 36.4 Å². The van der Waals surface area contributed by atoms with Crippen molar-refractivity contribution in [2.45, 2.75) is 39.2 Å². The van der Waals surface area contributed by atoms with Gasteiger partial charge in [-0.15, -0.1) is 0 Å². The van der Waals surface area contributed by atoms with Gasteiger partial charge in [0.25, 0.3) is 0 Å². The molecule has 0 bridgehead atoms. The van der Waals surface area contributed by atoms with E-state index in [1.54, 1.807) is 0 Å². The Bertz CT molecular complexity index is 488. The summed E-state index contributed by atoms with van der Waals surface area (Å²) in [6, 6.07) is 4.73. The lowest BCUT2D eigenvalue weighted by Gasteiger charge is -2.35. The molecule has 1 aliphatic carbocycles. The summed E-state index contributed by atoms with van der Waals surface area (Å²) in [4.78, 5) is 6.99. The molecule has 114 valence electrons. The Morgan fingerprint density at radius 3 is 2.52 bits per heavy atom. The number of rotatable bonds is 3. The van der Waals surface area contributed by atoms with Gasteiger partial charge in [0.05, 0.1) is 11.9 Å². The van der Waals surface area contributed by atoms with Crippen LogP contribution in [0.5, 0.6) is 0 Å². The molecule has 2 aliphatic rings. The van der Waals surface area contributed by atoms with Gasteiger partial charge in [0.2, 0.25) is 0 Å². The van der Waals surface area contributed by atoms with Gasteiger partial charge in [-0.3, -0.25) is 0 Å². The molecule has 0 amide bonds. The van der Waals surface area contributed by atoms with E-state index in [0.29, 0.717) is 11.2 Å². The summed E-state index contributed by atoms with van der Waals surface area (Å²) in [6.07, 6.45) is 5.64. The topological polar surface area (TPSA) is 40.2 Å². The standard InChI is InChI=1S/C16H24N4S/c1-11-7-12(2)10-20(9-11)15-6-5-14(8-17-15)19-16(21)18-13-3-4-13/h5-6,8,11-13H,3-4,7,9-10H2,1-2H3,(H2,18,19,21). The quantitative estimate of drug-likeness (QED) is 0.840. The number of aromatic nitrogens is 1. The Morgan fingerprint density at radius 2 is 1.95 bits per heavy atom. The lowest BCUT2D eigenvalue weighted by Crippen LogP contribution is -2.39. The molecular formula is C16H24N4S. The first-order valence-electron chi connectivity index (χ1n) is 7.88. The Kier molecular flexibility index (Phi) is 4.29. The summed E-state index contributed by atoms with van der Waals surface area (Å²) < 4.78 is 0. The molecule has 1 saturated heterocycles. The fourth-order valence-electron chi connectivity index (χ4n) is 3.08. The van der Waals surface area contributed by atoms with Crippen LogP contribution in [-0.2, 0) is 0 Å². The van der Waals surface area contributed by atoms with Crippen molar-refractivity contribution in [3.8, 4) is 0 Å². The molecule has 2 N–H and O–H groups in total. The van der Waals surface area contributed by atoms with Crippen LogP contribution in [-0.4, -0.2) is 29.2 Å². The zero-order valence-corrected chi connectivity index (χ0v) is 13.6. The van der Waals surface area contributed by atoms with E-state index in [-0.39, 0.29) is 0 Å². The molecule has 3 rings (SSSR count). The van der Waals surface area contributed by atoms with Crippen LogP contribution in [0.4, 0.5) is 11.5 Å². The second kappa shape index (κ2) is 6.18. The third-order valence-electron chi connectivity index (χ3n) is 4.11. The molecule has 1 aliphatic heterocycles. The molecule has 1 aromatic rings. The molecule has 2 unspecified atom stereocenters. The molecule has 0 aromatic carbocycles. The maximum Gasteiger partial charge on any atom is 0.171 e. The van der Waals surface area contributed by atoms with Gasteiger partial charge in [-0.05, 0) is 55.4 Å². The third-order valence-corrected chi connectivity index (χ3v) is 4.33. The molecule has 21 heavy (non-hydrogen) atoms. The first-order valence-corrected chi connectivity index (χ1v) is 8.29. The van der Waals surface area contributed by atoms with Gasteiger partial charge in [-0.2, -0.15) is 0 Å². The molecule has 2 fully saturated rings. The van der Waals surface area contributed by atoms with Crippen LogP contribution in [0.1, 0.15) is 33.1 Å². The van der Waals surface area contributed by atoms with Crippen molar-refractivity contribution in [3.63, 3.8) is 0 Å². The monoisotopic (exact) mass is 304 g/mol. The number of hydrogen-bond donors (Lipinski definition) is 2. The zero-order chi connectivity index (χ0) is 14.8. The molecule has 0 radical (unpaired) electrons. The molecular weight excluding hydrogens is 280 g/mol. The van der Waals surface area contributed by atoms with Crippen molar-refractivity contribution in [1.82, 2.24) is 10.3 Å². The lowest BCUT2D eigenvalue weighted by molar-refractivity contribution is 0.355. The average Bonchev–Trinajstić information content (AvgIpc) is 3.22. The van der Waals surface area contributed by atoms with E-state index >= 15 is 0 Å². The van der Waals surface area contributed by atoms with Crippen molar-refractivity contribution in [2.24, 2.45) is 11.8 Å². The highest BCUT2D eigenvalue weighted by Crippen LogP contribution is 2.25. The highest BCUT2D eigenvalue weighted by molar-refractivity contribution is 7.80. The van der Waals surface area contributed by atoms with E-state index in [4.69, 9.17) is 12.2 Å². The van der Waals surface area contributed by atoms with E-state index in [1.807, 2.05) is 6.20 Å². The largest absolute Gasteiger partial charge is 0.360 e. The van der Waals surface area contributed by atoms with E-state index in [9.17, 15) is 0 Å². The molecule has 1 saturated carbocycles. The van der Waals surface area contributed by atoms with Crippen LogP contribution in [0, 0.1) is 11.8 Å². The van der Waals surface area contributed by atoms with Crippen molar-refractivity contribution in [1.29, 1.82) is 0 Å². The first kappa shape index (κ1) is 14.6. The molecule has 0 spiro atoms. The number of piperidine rings is 1. The summed E-state index contributed by atoms with van der Waals surface area (Å²) in [7, 11) is 0. The Labute approximate surface area is 132 Å². The van der Waals surface area contributed by atoms with E-state index in [2.05, 4.69) is 46.5 Å². The van der Waals surface area contributed by atoms with Gasteiger partial charge in [0.15, 0.2) is 5.11 Å². The minimum atomic E-state index is 0.577. The molecule has 2 atom stereocenters. The zero-order valence-electron chi connectivity index (χ0n) is 12.8. The van der Waals surface area contributed by atoms with Crippen molar-refractivity contribution < 1.29 is 0 Å². The van der Waals surface area contributed by atoms with Crippen LogP contribution >= 0.6 is 12.2 Å². The maximum atomic E-state index is 5.28. The summed E-state index contributed by atoms with van der Waals surface area (Å²) in [5.74, 6) is 2.55. The molecule has 2 heterocycles. The van der Waals surface area contributed by atoms with Gasteiger partial charge in [0.1, 0.15) is 5.82 Å². The second-order valence-electron chi connectivity index (χ2n) is 6.63. The predicted octanol–water partition coefficient (Wildman–Crippen LogP) is 3.01. The van der Waals surface area contributed by atoms with Gasteiger partial charge >= 0.3 is 0 Å². The van der Waals surface area contributed by atoms with Crippen molar-refractivity contribution in [2.75, 3.05) is 23.3 Å². The second-order valence-corrected chi connectivity index (χ2v) is 7.04. The fourth-order valence-corrected chi connectivity index (χ4v) is 3.36. The highest BCUT2D eigenvalue weighted by atomic mass is 32.1. The molecule has 5 heteroatoms. The van der Waals surface area contributed by atoms with Gasteiger partial charge in [-0.25, -0.2) is 4.98 Å². The summed E-state index contributed by atoms with van der Waals surface area (Å²) in [6.45, 7) is 6.85. The number of pyridine rings is 1. The Balaban J connectivity index is 1.59. The molecule has 1 aromatic heterocycles. The van der Waals surface area contributed by atoms with Crippen LogP contribution in [0.2, 0.25) is 0 Å². The average molecular weight is 304 g/mol. The number of hydrogen-bond acceptors (Lipinski definition) is 3. The van der Waals surface area contributed by atoms with Crippen LogP contribution in [0.3, 0.4) is 0 Å². The molecule has 4 nitrogen and oxygen atoms in total. The number of thiocarbonyl (C=S) groups is 1. The normalized spacial score (nSPS) is 25.5. The van der Waals surface area contributed by atoms with E-state index in [1.165, 1.54) is 19.3 Å². The summed E-state index contributed by atoms with van der Waals surface area (Å²) in [5, 5.41) is 7.18. The van der Waals surface area contributed by atoms with Crippen LogP contribution in [0.25, 0.3) is 0 Å². The smallest absolute Gasteiger partial charge is 0.171 e. The van der Waals surface area contributed by atoms with Crippen molar-refractivity contribution >= 4 is 28.8 Å². The van der Waals surface area contributed by atoms with E-state index < -0.39 is 0 Å². The van der Waals surface area contributed by atoms with Crippen LogP contribution < -0.4 is 15.5 Å². The highest BCUT2D eigenvalue weighted by Gasteiger charge is 2.23. The van der Waals surface area contributed by atoms with Gasteiger partial charge < -0.3 is 15.5 Å². The minimum absolute atomic E-state index is 0.577. The maximum absolute atomic E-state index is 5.28. The lowest BCUT2D eigenvalue weighted by atomic mass is 9.92. The number of nitrogens with zero attached hydrogens (tertiary/aromatic N) is 2. The fraction of sp³-hybridized carbons (Fsp3) is 0.625.